The Morgan fingerprint density at radius 3 is 2.67 bits per heavy atom. The molecule has 1 aromatic heterocycles. The number of carbonyl (C=O) groups is 1. The molecule has 1 saturated heterocycles. The Balaban J connectivity index is 1.44. The molecule has 0 aliphatic carbocycles. The molecule has 6 heteroatoms. The summed E-state index contributed by atoms with van der Waals surface area (Å²) >= 11 is 0. The van der Waals surface area contributed by atoms with E-state index < -0.39 is 6.61 Å². The smallest absolute Gasteiger partial charge is 0.387 e. The first-order valence-corrected chi connectivity index (χ1v) is 9.02. The van der Waals surface area contributed by atoms with E-state index in [4.69, 9.17) is 0 Å². The summed E-state index contributed by atoms with van der Waals surface area (Å²) < 4.78 is 29.1. The molecular formula is C21H20F2N2O2. The summed E-state index contributed by atoms with van der Waals surface area (Å²) in [5.74, 6) is 0.260. The maximum Gasteiger partial charge on any atom is 0.387 e. The van der Waals surface area contributed by atoms with Gasteiger partial charge in [-0.25, -0.2) is 0 Å². The van der Waals surface area contributed by atoms with Crippen LogP contribution in [0.2, 0.25) is 0 Å². The average Bonchev–Trinajstić information content (AvgIpc) is 3.11. The number of ether oxygens (including phenoxy) is 1. The van der Waals surface area contributed by atoms with Crippen molar-refractivity contribution in [2.45, 2.75) is 25.4 Å². The van der Waals surface area contributed by atoms with Crippen molar-refractivity contribution >= 4 is 16.8 Å². The van der Waals surface area contributed by atoms with E-state index >= 15 is 0 Å². The number of carbonyl (C=O) groups excluding carboxylic acids is 1. The number of benzene rings is 2. The van der Waals surface area contributed by atoms with Gasteiger partial charge in [0.2, 0.25) is 0 Å². The van der Waals surface area contributed by atoms with E-state index in [1.165, 1.54) is 23.1 Å². The van der Waals surface area contributed by atoms with Gasteiger partial charge in [-0.3, -0.25) is 4.79 Å². The number of hydrogen-bond donors (Lipinski definition) is 1. The van der Waals surface area contributed by atoms with Gasteiger partial charge in [-0.2, -0.15) is 8.78 Å². The molecule has 1 fully saturated rings. The monoisotopic (exact) mass is 370 g/mol. The normalized spacial score (nSPS) is 15.4. The average molecular weight is 370 g/mol. The van der Waals surface area contributed by atoms with Gasteiger partial charge in [-0.05, 0) is 48.6 Å². The third-order valence-electron chi connectivity index (χ3n) is 5.15. The zero-order chi connectivity index (χ0) is 18.8. The lowest BCUT2D eigenvalue weighted by Crippen LogP contribution is -2.37. The molecule has 0 bridgehead atoms. The molecule has 0 saturated carbocycles. The van der Waals surface area contributed by atoms with E-state index in [0.29, 0.717) is 24.6 Å². The van der Waals surface area contributed by atoms with Crippen LogP contribution >= 0.6 is 0 Å². The number of alkyl halides is 2. The molecule has 2 heterocycles. The molecule has 4 rings (SSSR count). The Hall–Kier alpha value is -2.89. The van der Waals surface area contributed by atoms with Gasteiger partial charge in [0.15, 0.2) is 0 Å². The molecule has 0 atom stereocenters. The topological polar surface area (TPSA) is 45.3 Å². The lowest BCUT2D eigenvalue weighted by Gasteiger charge is -2.32. The molecule has 140 valence electrons. The summed E-state index contributed by atoms with van der Waals surface area (Å²) in [6.45, 7) is -1.62. The molecule has 1 amide bonds. The van der Waals surface area contributed by atoms with Crippen molar-refractivity contribution in [2.24, 2.45) is 0 Å². The first-order valence-electron chi connectivity index (χ1n) is 9.02. The Bertz CT molecular complexity index is 946. The third-order valence-corrected chi connectivity index (χ3v) is 5.15. The number of piperidine rings is 1. The predicted octanol–water partition coefficient (Wildman–Crippen LogP) is 4.79. The first-order chi connectivity index (χ1) is 13.1. The Labute approximate surface area is 155 Å². The van der Waals surface area contributed by atoms with Gasteiger partial charge in [0.1, 0.15) is 5.75 Å². The minimum Gasteiger partial charge on any atom is -0.435 e. The van der Waals surface area contributed by atoms with Crippen molar-refractivity contribution in [2.75, 3.05) is 13.1 Å². The van der Waals surface area contributed by atoms with Crippen molar-refractivity contribution in [3.63, 3.8) is 0 Å². The van der Waals surface area contributed by atoms with Crippen molar-refractivity contribution < 1.29 is 18.3 Å². The number of nitrogens with zero attached hydrogens (tertiary/aromatic N) is 1. The van der Waals surface area contributed by atoms with E-state index in [9.17, 15) is 13.6 Å². The van der Waals surface area contributed by atoms with Crippen LogP contribution in [0, 0.1) is 0 Å². The van der Waals surface area contributed by atoms with Crippen LogP contribution < -0.4 is 4.74 Å². The molecule has 0 radical (unpaired) electrons. The maximum absolute atomic E-state index is 12.7. The fraction of sp³-hybridized carbons (Fsp3) is 0.286. The largest absolute Gasteiger partial charge is 0.435 e. The zero-order valence-corrected chi connectivity index (χ0v) is 14.7. The highest BCUT2D eigenvalue weighted by atomic mass is 19.3. The van der Waals surface area contributed by atoms with Gasteiger partial charge >= 0.3 is 6.61 Å². The number of rotatable bonds is 4. The van der Waals surface area contributed by atoms with E-state index in [0.717, 1.165) is 18.4 Å². The van der Waals surface area contributed by atoms with Crippen molar-refractivity contribution in [3.05, 3.63) is 65.9 Å². The summed E-state index contributed by atoms with van der Waals surface area (Å²) in [4.78, 5) is 17.8. The second kappa shape index (κ2) is 7.39. The second-order valence-electron chi connectivity index (χ2n) is 6.76. The minimum absolute atomic E-state index is 0.00419. The summed E-state index contributed by atoms with van der Waals surface area (Å²) in [6, 6.07) is 14.2. The molecule has 1 N–H and O–H groups in total. The van der Waals surface area contributed by atoms with Crippen molar-refractivity contribution in [1.82, 2.24) is 9.88 Å². The molecule has 0 unspecified atom stereocenters. The van der Waals surface area contributed by atoms with E-state index in [-0.39, 0.29) is 11.7 Å². The molecule has 1 aliphatic rings. The highest BCUT2D eigenvalue weighted by Gasteiger charge is 2.26. The van der Waals surface area contributed by atoms with Crippen molar-refractivity contribution in [3.8, 4) is 5.75 Å². The van der Waals surface area contributed by atoms with Gasteiger partial charge in [0.25, 0.3) is 5.91 Å². The highest BCUT2D eigenvalue weighted by Crippen LogP contribution is 2.33. The standard InChI is InChI=1S/C21H20F2N2O2/c22-21(23)27-16-5-3-4-15(12-16)20(26)25-10-8-14(9-11-25)18-13-24-19-7-2-1-6-17(18)19/h1-7,12-14,21,24H,8-11H2. The van der Waals surface area contributed by atoms with Crippen molar-refractivity contribution in [1.29, 1.82) is 0 Å². The van der Waals surface area contributed by atoms with Crippen LogP contribution in [0.25, 0.3) is 10.9 Å². The zero-order valence-electron chi connectivity index (χ0n) is 14.7. The van der Waals surface area contributed by atoms with Gasteiger partial charge < -0.3 is 14.6 Å². The quantitative estimate of drug-likeness (QED) is 0.718. The van der Waals surface area contributed by atoms with Gasteiger partial charge in [0, 0.05) is 35.8 Å². The summed E-state index contributed by atoms with van der Waals surface area (Å²) in [5.41, 5.74) is 2.80. The second-order valence-corrected chi connectivity index (χ2v) is 6.76. The Morgan fingerprint density at radius 1 is 1.11 bits per heavy atom. The number of halogens is 2. The van der Waals surface area contributed by atoms with Crippen LogP contribution in [0.5, 0.6) is 5.75 Å². The SMILES string of the molecule is O=C(c1cccc(OC(F)F)c1)N1CCC(c2c[nH]c3ccccc23)CC1. The van der Waals surface area contributed by atoms with E-state index in [1.54, 1.807) is 17.0 Å². The fourth-order valence-electron chi connectivity index (χ4n) is 3.81. The lowest BCUT2D eigenvalue weighted by molar-refractivity contribution is -0.0499. The van der Waals surface area contributed by atoms with Gasteiger partial charge in [-0.1, -0.05) is 24.3 Å². The van der Waals surface area contributed by atoms with E-state index in [2.05, 4.69) is 28.1 Å². The number of aromatic nitrogens is 1. The number of aromatic amines is 1. The highest BCUT2D eigenvalue weighted by molar-refractivity contribution is 5.94. The fourth-order valence-corrected chi connectivity index (χ4v) is 3.81. The number of para-hydroxylation sites is 1. The number of amides is 1. The molecule has 27 heavy (non-hydrogen) atoms. The maximum atomic E-state index is 12.7. The Kier molecular flexibility index (Phi) is 4.79. The van der Waals surface area contributed by atoms with Crippen LogP contribution in [0.3, 0.4) is 0 Å². The van der Waals surface area contributed by atoms with Crippen LogP contribution in [-0.2, 0) is 0 Å². The first kappa shape index (κ1) is 17.5. The van der Waals surface area contributed by atoms with E-state index in [1.807, 2.05) is 12.1 Å². The molecule has 1 aliphatic heterocycles. The molecule has 4 nitrogen and oxygen atoms in total. The summed E-state index contributed by atoms with van der Waals surface area (Å²) in [5, 5.41) is 1.24. The van der Waals surface area contributed by atoms with Crippen LogP contribution in [0.15, 0.2) is 54.7 Å². The number of fused-ring (bicyclic) bond motifs is 1. The van der Waals surface area contributed by atoms with Crippen LogP contribution in [0.4, 0.5) is 8.78 Å². The third kappa shape index (κ3) is 3.65. The number of likely N-dealkylation sites (tertiary alicyclic amines) is 1. The molecule has 2 aromatic carbocycles. The van der Waals surface area contributed by atoms with Gasteiger partial charge in [0.05, 0.1) is 0 Å². The number of hydrogen-bond acceptors (Lipinski definition) is 2. The summed E-state index contributed by atoms with van der Waals surface area (Å²) in [7, 11) is 0. The minimum atomic E-state index is -2.90. The predicted molar refractivity (Wildman–Crippen MR) is 99.3 cm³/mol. The number of nitrogens with one attached hydrogen (secondary N) is 1. The summed E-state index contributed by atoms with van der Waals surface area (Å²) in [6.07, 6.45) is 3.82. The number of H-pyrrole nitrogens is 1. The Morgan fingerprint density at radius 2 is 1.89 bits per heavy atom. The lowest BCUT2D eigenvalue weighted by atomic mass is 9.89. The molecular weight excluding hydrogens is 350 g/mol. The van der Waals surface area contributed by atoms with Crippen LogP contribution in [-0.4, -0.2) is 35.5 Å². The molecule has 0 spiro atoms. The van der Waals surface area contributed by atoms with Gasteiger partial charge in [-0.15, -0.1) is 0 Å². The molecule has 3 aromatic rings. The van der Waals surface area contributed by atoms with Crippen LogP contribution in [0.1, 0.15) is 34.7 Å².